The molecule has 2 aromatic rings. The molecule has 29 heavy (non-hydrogen) atoms. The molecule has 0 bridgehead atoms. The SMILES string of the molecule is CC(C)COC(=O)[C@]1([Se]c2ccccc2)C[C@H]2CO[C@H](c3ccccc3)N2C1=O. The summed E-state index contributed by atoms with van der Waals surface area (Å²) in [6.07, 6.45) is 0.00103. The van der Waals surface area contributed by atoms with Crippen molar-refractivity contribution in [1.29, 1.82) is 0 Å². The van der Waals surface area contributed by atoms with Gasteiger partial charge in [-0.15, -0.1) is 0 Å². The molecule has 0 saturated carbocycles. The molecule has 0 spiro atoms. The second-order valence-electron chi connectivity index (χ2n) is 7.90. The molecule has 6 heteroatoms. The minimum absolute atomic E-state index is 0.107. The Labute approximate surface area is 177 Å². The Bertz CT molecular complexity index is 873. The molecule has 2 saturated heterocycles. The number of hydrogen-bond donors (Lipinski definition) is 0. The molecule has 1 amide bonds. The normalized spacial score (nSPS) is 26.0. The Morgan fingerprint density at radius 3 is 2.48 bits per heavy atom. The second kappa shape index (κ2) is 8.31. The first kappa shape index (κ1) is 20.1. The first-order chi connectivity index (χ1) is 14.0. The maximum absolute atomic E-state index is 13.7. The Balaban J connectivity index is 1.66. The van der Waals surface area contributed by atoms with Gasteiger partial charge in [0.25, 0.3) is 0 Å². The summed E-state index contributed by atoms with van der Waals surface area (Å²) in [6, 6.07) is 19.4. The van der Waals surface area contributed by atoms with Crippen LogP contribution in [0.3, 0.4) is 0 Å². The van der Waals surface area contributed by atoms with E-state index in [4.69, 9.17) is 9.47 Å². The van der Waals surface area contributed by atoms with Crippen molar-refractivity contribution < 1.29 is 19.1 Å². The van der Waals surface area contributed by atoms with Crippen molar-refractivity contribution in [2.45, 2.75) is 36.9 Å². The number of nitrogens with zero attached hydrogens (tertiary/aromatic N) is 1. The standard InChI is InChI=1S/C23H25NO4Se/c1-16(2)14-28-22(26)23(29-19-11-7-4-8-12-19)13-18-15-27-20(24(18)21(23)25)17-9-5-3-6-10-17/h3-12,16,18,20H,13-15H2,1-2H3/t18-,20+,23-/m0/s1. The summed E-state index contributed by atoms with van der Waals surface area (Å²) in [7, 11) is 0. The Kier molecular flexibility index (Phi) is 5.77. The molecule has 2 aliphatic rings. The molecule has 2 aliphatic heterocycles. The van der Waals surface area contributed by atoms with Gasteiger partial charge < -0.3 is 0 Å². The van der Waals surface area contributed by atoms with E-state index < -0.39 is 10.5 Å². The van der Waals surface area contributed by atoms with Gasteiger partial charge in [-0.3, -0.25) is 0 Å². The van der Waals surface area contributed by atoms with Gasteiger partial charge in [-0.1, -0.05) is 0 Å². The average molecular weight is 458 g/mol. The molecule has 0 N–H and O–H groups in total. The van der Waals surface area contributed by atoms with Crippen LogP contribution >= 0.6 is 0 Å². The van der Waals surface area contributed by atoms with E-state index in [1.807, 2.05) is 74.5 Å². The summed E-state index contributed by atoms with van der Waals surface area (Å²) >= 11 is -0.370. The predicted molar refractivity (Wildman–Crippen MR) is 111 cm³/mol. The third kappa shape index (κ3) is 3.85. The Morgan fingerprint density at radius 2 is 1.83 bits per heavy atom. The molecule has 4 rings (SSSR count). The van der Waals surface area contributed by atoms with Crippen molar-refractivity contribution in [1.82, 2.24) is 4.90 Å². The van der Waals surface area contributed by atoms with E-state index in [-0.39, 0.29) is 38.8 Å². The van der Waals surface area contributed by atoms with Gasteiger partial charge >= 0.3 is 177 Å². The summed E-state index contributed by atoms with van der Waals surface area (Å²) in [6.45, 7) is 4.75. The molecule has 2 heterocycles. The van der Waals surface area contributed by atoms with Crippen molar-refractivity contribution in [2.24, 2.45) is 5.92 Å². The summed E-state index contributed by atoms with van der Waals surface area (Å²) in [4.78, 5) is 28.8. The van der Waals surface area contributed by atoms with E-state index in [1.165, 1.54) is 0 Å². The van der Waals surface area contributed by atoms with Crippen LogP contribution in [0.25, 0.3) is 0 Å². The van der Waals surface area contributed by atoms with Crippen molar-refractivity contribution in [3.8, 4) is 0 Å². The zero-order chi connectivity index (χ0) is 20.4. The van der Waals surface area contributed by atoms with Gasteiger partial charge in [0.2, 0.25) is 0 Å². The third-order valence-corrected chi connectivity index (χ3v) is 8.06. The van der Waals surface area contributed by atoms with Crippen molar-refractivity contribution >= 4 is 31.3 Å². The first-order valence-electron chi connectivity index (χ1n) is 9.92. The van der Waals surface area contributed by atoms with Gasteiger partial charge in [-0.2, -0.15) is 0 Å². The van der Waals surface area contributed by atoms with Gasteiger partial charge in [0.05, 0.1) is 0 Å². The number of esters is 1. The molecular weight excluding hydrogens is 433 g/mol. The first-order valence-corrected chi connectivity index (χ1v) is 11.6. The molecule has 5 nitrogen and oxygen atoms in total. The van der Waals surface area contributed by atoms with E-state index in [0.29, 0.717) is 19.6 Å². The number of fused-ring (bicyclic) bond motifs is 1. The van der Waals surface area contributed by atoms with Crippen molar-refractivity contribution in [3.63, 3.8) is 0 Å². The van der Waals surface area contributed by atoms with E-state index in [1.54, 1.807) is 4.90 Å². The number of benzene rings is 2. The topological polar surface area (TPSA) is 55.8 Å². The Hall–Kier alpha value is -2.14. The van der Waals surface area contributed by atoms with Crippen LogP contribution in [-0.4, -0.2) is 51.0 Å². The summed E-state index contributed by atoms with van der Waals surface area (Å²) in [5, 5.41) is 0. The number of carbonyl (C=O) groups is 2. The van der Waals surface area contributed by atoms with Crippen LogP contribution in [0.15, 0.2) is 60.7 Å². The predicted octanol–water partition coefficient (Wildman–Crippen LogP) is 2.70. The second-order valence-corrected chi connectivity index (χ2v) is 10.8. The van der Waals surface area contributed by atoms with Gasteiger partial charge in [-0.05, 0) is 0 Å². The molecule has 2 fully saturated rings. The van der Waals surface area contributed by atoms with Crippen molar-refractivity contribution in [3.05, 3.63) is 66.2 Å². The number of amides is 1. The molecule has 0 unspecified atom stereocenters. The number of rotatable bonds is 6. The number of hydrogen-bond acceptors (Lipinski definition) is 4. The van der Waals surface area contributed by atoms with Crippen molar-refractivity contribution in [2.75, 3.05) is 13.2 Å². The van der Waals surface area contributed by atoms with Gasteiger partial charge in [-0.25, -0.2) is 0 Å². The van der Waals surface area contributed by atoms with E-state index >= 15 is 0 Å². The quantitative estimate of drug-likeness (QED) is 0.380. The molecule has 152 valence electrons. The van der Waals surface area contributed by atoms with E-state index in [0.717, 1.165) is 10.0 Å². The monoisotopic (exact) mass is 459 g/mol. The third-order valence-electron chi connectivity index (χ3n) is 5.19. The van der Waals surface area contributed by atoms with Crippen LogP contribution < -0.4 is 4.46 Å². The number of ether oxygens (including phenoxy) is 2. The molecule has 2 aromatic carbocycles. The van der Waals surface area contributed by atoms with E-state index in [2.05, 4.69) is 0 Å². The van der Waals surface area contributed by atoms with Crippen LogP contribution in [0.4, 0.5) is 0 Å². The molecule has 0 radical (unpaired) electrons. The van der Waals surface area contributed by atoms with Gasteiger partial charge in [0.15, 0.2) is 0 Å². The van der Waals surface area contributed by atoms with E-state index in [9.17, 15) is 9.59 Å². The van der Waals surface area contributed by atoms with Crippen LogP contribution in [0.2, 0.25) is 4.31 Å². The minimum atomic E-state index is -1.13. The maximum atomic E-state index is 13.7. The zero-order valence-electron chi connectivity index (χ0n) is 16.6. The fourth-order valence-corrected chi connectivity index (χ4v) is 6.57. The summed E-state index contributed by atoms with van der Waals surface area (Å²) < 4.78 is 11.5. The Morgan fingerprint density at radius 1 is 1.17 bits per heavy atom. The van der Waals surface area contributed by atoms with Gasteiger partial charge in [0.1, 0.15) is 0 Å². The summed E-state index contributed by atoms with van der Waals surface area (Å²) in [5.41, 5.74) is 0.932. The summed E-state index contributed by atoms with van der Waals surface area (Å²) in [5.74, 6) is -0.329. The molecule has 0 aliphatic carbocycles. The van der Waals surface area contributed by atoms with Crippen LogP contribution in [-0.2, 0) is 19.1 Å². The van der Waals surface area contributed by atoms with Crippen LogP contribution in [0.1, 0.15) is 32.1 Å². The van der Waals surface area contributed by atoms with Crippen LogP contribution in [0, 0.1) is 5.92 Å². The number of carbonyl (C=O) groups excluding carboxylic acids is 2. The average Bonchev–Trinajstić information content (AvgIpc) is 3.26. The van der Waals surface area contributed by atoms with Crippen LogP contribution in [0.5, 0.6) is 0 Å². The fraction of sp³-hybridized carbons (Fsp3) is 0.391. The molecule has 3 atom stereocenters. The fourth-order valence-electron chi connectivity index (χ4n) is 3.83. The molecular formula is C23H25NO4Se. The zero-order valence-corrected chi connectivity index (χ0v) is 18.3. The molecule has 0 aromatic heterocycles. The van der Waals surface area contributed by atoms with Gasteiger partial charge in [0, 0.05) is 0 Å².